The van der Waals surface area contributed by atoms with Gasteiger partial charge in [-0.2, -0.15) is 0 Å². The maximum atomic E-state index is 11.9. The van der Waals surface area contributed by atoms with Crippen LogP contribution in [0.1, 0.15) is 17.3 Å². The molecule has 0 fully saturated rings. The second-order valence-electron chi connectivity index (χ2n) is 4.10. The highest BCUT2D eigenvalue weighted by atomic mass is 16.3. The van der Waals surface area contributed by atoms with Crippen LogP contribution in [0.5, 0.6) is 0 Å². The van der Waals surface area contributed by atoms with Gasteiger partial charge in [0.2, 0.25) is 0 Å². The molecule has 1 aromatic rings. The van der Waals surface area contributed by atoms with Gasteiger partial charge in [-0.05, 0) is 31.2 Å². The Kier molecular flexibility index (Phi) is 4.67. The maximum absolute atomic E-state index is 11.9. The zero-order valence-corrected chi connectivity index (χ0v) is 10.4. The Bertz CT molecular complexity index is 429. The van der Waals surface area contributed by atoms with Crippen molar-refractivity contribution in [1.29, 1.82) is 0 Å². The highest BCUT2D eigenvalue weighted by Crippen LogP contribution is 2.11. The zero-order valence-electron chi connectivity index (χ0n) is 10.4. The van der Waals surface area contributed by atoms with Crippen molar-refractivity contribution in [2.45, 2.75) is 13.0 Å². The number of anilines is 1. The number of likely N-dealkylation sites (N-methyl/N-ethyl adjacent to an activating group) is 1. The van der Waals surface area contributed by atoms with Gasteiger partial charge < -0.3 is 21.1 Å². The van der Waals surface area contributed by atoms with E-state index in [0.717, 1.165) is 0 Å². The number of primary amides is 1. The van der Waals surface area contributed by atoms with Crippen molar-refractivity contribution in [2.75, 3.05) is 18.9 Å². The van der Waals surface area contributed by atoms with Gasteiger partial charge in [-0.3, -0.25) is 4.79 Å². The fourth-order valence-corrected chi connectivity index (χ4v) is 1.54. The Balaban J connectivity index is 2.72. The molecule has 1 aromatic carbocycles. The van der Waals surface area contributed by atoms with Crippen LogP contribution in [0.4, 0.5) is 10.5 Å². The molecule has 1 unspecified atom stereocenters. The van der Waals surface area contributed by atoms with Crippen LogP contribution in [0.2, 0.25) is 0 Å². The lowest BCUT2D eigenvalue weighted by Gasteiger charge is -2.18. The van der Waals surface area contributed by atoms with Crippen molar-refractivity contribution in [2.24, 2.45) is 5.73 Å². The van der Waals surface area contributed by atoms with Gasteiger partial charge >= 0.3 is 6.03 Å². The summed E-state index contributed by atoms with van der Waals surface area (Å²) in [6.45, 7) is 1.88. The third-order valence-electron chi connectivity index (χ3n) is 2.28. The Morgan fingerprint density at radius 2 is 1.94 bits per heavy atom. The Morgan fingerprint density at radius 3 is 2.39 bits per heavy atom. The minimum atomic E-state index is -0.653. The summed E-state index contributed by atoms with van der Waals surface area (Å²) in [4.78, 5) is 24.0. The molecule has 0 bridgehead atoms. The largest absolute Gasteiger partial charge is 0.392 e. The minimum absolute atomic E-state index is 0.193. The Labute approximate surface area is 105 Å². The van der Waals surface area contributed by atoms with Crippen molar-refractivity contribution in [3.63, 3.8) is 0 Å². The first-order chi connectivity index (χ1) is 8.40. The monoisotopic (exact) mass is 251 g/mol. The van der Waals surface area contributed by atoms with Crippen LogP contribution < -0.4 is 11.1 Å². The number of carbonyl (C=O) groups is 2. The van der Waals surface area contributed by atoms with E-state index in [2.05, 4.69) is 5.32 Å². The van der Waals surface area contributed by atoms with Crippen LogP contribution >= 0.6 is 0 Å². The van der Waals surface area contributed by atoms with Crippen LogP contribution in [0.25, 0.3) is 0 Å². The van der Waals surface area contributed by atoms with Gasteiger partial charge in [0.05, 0.1) is 6.10 Å². The molecular weight excluding hydrogens is 234 g/mol. The van der Waals surface area contributed by atoms with E-state index >= 15 is 0 Å². The van der Waals surface area contributed by atoms with Crippen molar-refractivity contribution < 1.29 is 14.7 Å². The molecule has 18 heavy (non-hydrogen) atoms. The SMILES string of the molecule is CC(O)CN(C)C(=O)c1ccc(NC(N)=O)cc1. The first kappa shape index (κ1) is 14.0. The third-order valence-corrected chi connectivity index (χ3v) is 2.28. The molecule has 0 aromatic heterocycles. The number of aliphatic hydroxyl groups excluding tert-OH is 1. The Hall–Kier alpha value is -2.08. The van der Waals surface area contributed by atoms with E-state index in [4.69, 9.17) is 5.73 Å². The quantitative estimate of drug-likeness (QED) is 0.732. The van der Waals surface area contributed by atoms with Crippen LogP contribution in [0.3, 0.4) is 0 Å². The summed E-state index contributed by atoms with van der Waals surface area (Å²) >= 11 is 0. The van der Waals surface area contributed by atoms with Crippen molar-refractivity contribution >= 4 is 17.6 Å². The lowest BCUT2D eigenvalue weighted by Crippen LogP contribution is -2.33. The van der Waals surface area contributed by atoms with Gasteiger partial charge in [0, 0.05) is 24.8 Å². The fraction of sp³-hybridized carbons (Fsp3) is 0.333. The van der Waals surface area contributed by atoms with Crippen LogP contribution in [0, 0.1) is 0 Å². The molecule has 0 spiro atoms. The molecule has 1 rings (SSSR count). The number of urea groups is 1. The fourth-order valence-electron chi connectivity index (χ4n) is 1.54. The van der Waals surface area contributed by atoms with Gasteiger partial charge in [0.1, 0.15) is 0 Å². The van der Waals surface area contributed by atoms with E-state index in [1.807, 2.05) is 0 Å². The number of hydrogen-bond donors (Lipinski definition) is 3. The highest BCUT2D eigenvalue weighted by molar-refractivity contribution is 5.95. The summed E-state index contributed by atoms with van der Waals surface area (Å²) in [6, 6.07) is 5.71. The van der Waals surface area contributed by atoms with Crippen LogP contribution in [-0.2, 0) is 0 Å². The number of nitrogens with zero attached hydrogens (tertiary/aromatic N) is 1. The van der Waals surface area contributed by atoms with Gasteiger partial charge in [-0.1, -0.05) is 0 Å². The third kappa shape index (κ3) is 4.06. The average Bonchev–Trinajstić information content (AvgIpc) is 2.27. The molecule has 0 aliphatic rings. The average molecular weight is 251 g/mol. The molecule has 0 radical (unpaired) electrons. The number of nitrogens with one attached hydrogen (secondary N) is 1. The number of nitrogens with two attached hydrogens (primary N) is 1. The second-order valence-corrected chi connectivity index (χ2v) is 4.10. The number of amides is 3. The molecular formula is C12H17N3O3. The van der Waals surface area contributed by atoms with E-state index < -0.39 is 12.1 Å². The predicted molar refractivity (Wildman–Crippen MR) is 68.3 cm³/mol. The van der Waals surface area contributed by atoms with Gasteiger partial charge in [-0.25, -0.2) is 4.79 Å². The molecule has 4 N–H and O–H groups in total. The van der Waals surface area contributed by atoms with Crippen molar-refractivity contribution in [3.8, 4) is 0 Å². The lowest BCUT2D eigenvalue weighted by atomic mass is 10.2. The standard InChI is InChI=1S/C12H17N3O3/c1-8(16)7-15(2)11(17)9-3-5-10(6-4-9)14-12(13)18/h3-6,8,16H,7H2,1-2H3,(H3,13,14,18). The van der Waals surface area contributed by atoms with E-state index in [0.29, 0.717) is 11.3 Å². The molecule has 0 aliphatic carbocycles. The summed E-state index contributed by atoms with van der Waals surface area (Å²) in [5, 5.41) is 11.6. The summed E-state index contributed by atoms with van der Waals surface area (Å²) in [6.07, 6.45) is -0.574. The first-order valence-electron chi connectivity index (χ1n) is 5.50. The number of benzene rings is 1. The molecule has 0 aliphatic heterocycles. The molecule has 0 heterocycles. The van der Waals surface area contributed by atoms with Crippen molar-refractivity contribution in [3.05, 3.63) is 29.8 Å². The van der Waals surface area contributed by atoms with E-state index in [-0.39, 0.29) is 12.5 Å². The topological polar surface area (TPSA) is 95.7 Å². The minimum Gasteiger partial charge on any atom is -0.392 e. The summed E-state index contributed by atoms with van der Waals surface area (Å²) in [7, 11) is 1.62. The second kappa shape index (κ2) is 6.02. The zero-order chi connectivity index (χ0) is 13.7. The summed E-state index contributed by atoms with van der Waals surface area (Å²) in [5.41, 5.74) is 5.98. The molecule has 6 nitrogen and oxygen atoms in total. The van der Waals surface area contributed by atoms with Gasteiger partial charge in [-0.15, -0.1) is 0 Å². The predicted octanol–water partition coefficient (Wildman–Crippen LogP) is 0.630. The van der Waals surface area contributed by atoms with E-state index in [1.165, 1.54) is 4.90 Å². The maximum Gasteiger partial charge on any atom is 0.316 e. The molecule has 98 valence electrons. The molecule has 6 heteroatoms. The number of rotatable bonds is 4. The normalized spacial score (nSPS) is 11.7. The summed E-state index contributed by atoms with van der Waals surface area (Å²) < 4.78 is 0. The molecule has 1 atom stereocenters. The first-order valence-corrected chi connectivity index (χ1v) is 5.50. The van der Waals surface area contributed by atoms with Gasteiger partial charge in [0.25, 0.3) is 5.91 Å². The van der Waals surface area contributed by atoms with Gasteiger partial charge in [0.15, 0.2) is 0 Å². The number of aliphatic hydroxyl groups is 1. The summed E-state index contributed by atoms with van der Waals surface area (Å²) in [5.74, 6) is -0.193. The smallest absolute Gasteiger partial charge is 0.316 e. The van der Waals surface area contributed by atoms with E-state index in [9.17, 15) is 14.7 Å². The molecule has 3 amide bonds. The molecule has 0 saturated heterocycles. The number of hydrogen-bond acceptors (Lipinski definition) is 3. The van der Waals surface area contributed by atoms with E-state index in [1.54, 1.807) is 38.2 Å². The highest BCUT2D eigenvalue weighted by Gasteiger charge is 2.13. The number of carbonyl (C=O) groups excluding carboxylic acids is 2. The lowest BCUT2D eigenvalue weighted by molar-refractivity contribution is 0.0704. The Morgan fingerprint density at radius 1 is 1.39 bits per heavy atom. The van der Waals surface area contributed by atoms with Crippen LogP contribution in [-0.4, -0.2) is 41.6 Å². The van der Waals surface area contributed by atoms with Crippen molar-refractivity contribution in [1.82, 2.24) is 4.90 Å². The molecule has 0 saturated carbocycles. The van der Waals surface area contributed by atoms with Crippen LogP contribution in [0.15, 0.2) is 24.3 Å².